The van der Waals surface area contributed by atoms with Crippen molar-refractivity contribution < 1.29 is 89.4 Å². The standard InChI is InChI=1S/C97H179NO18/c1-3-5-7-9-11-13-15-17-19-21-23-25-27-29-31-33-35-36-37-38-39-40-41-42-43-44-45-47-49-51-53-55-57-59-61-63-65-67-69-71-73-75-85(103)98-80(81(102)74-72-70-68-66-64-62-60-58-56-54-52-50-48-46-34-32-30-28-26-24-22-20-18-16-14-12-10-8-6-4-2)79-111-95-91(109)88(106)93(83(77-100)113-95)116-97-92(110)89(107)94(84(78-101)114-97)115-96-90(108)87(105)86(104)82(76-99)112-96/h15,17,21,23,27,29,64,66,72,74,80-84,86-97,99-102,104-110H,3-14,16,18-20,22,24-26,28,30-63,65,67-71,73,75-79H2,1-2H3,(H,98,103)/b17-15-,23-21-,29-27-,66-64+,74-72+. The molecule has 0 bridgehead atoms. The van der Waals surface area contributed by atoms with Crippen molar-refractivity contribution in [1.82, 2.24) is 5.32 Å². The molecule has 3 aliphatic rings. The zero-order chi connectivity index (χ0) is 83.8. The molecule has 116 heavy (non-hydrogen) atoms. The lowest BCUT2D eigenvalue weighted by Crippen LogP contribution is -2.66. The minimum Gasteiger partial charge on any atom is -0.394 e. The van der Waals surface area contributed by atoms with Crippen LogP contribution in [0.4, 0.5) is 0 Å². The average molecular weight is 1650 g/mol. The molecule has 19 nitrogen and oxygen atoms in total. The third-order valence-electron chi connectivity index (χ3n) is 24.0. The number of aliphatic hydroxyl groups is 11. The maximum atomic E-state index is 13.5. The van der Waals surface area contributed by atoms with Crippen LogP contribution in [0.2, 0.25) is 0 Å². The molecule has 17 unspecified atom stereocenters. The summed E-state index contributed by atoms with van der Waals surface area (Å²) in [7, 11) is 0. The van der Waals surface area contributed by atoms with Crippen LogP contribution in [0.5, 0.6) is 0 Å². The van der Waals surface area contributed by atoms with E-state index in [-0.39, 0.29) is 18.9 Å². The van der Waals surface area contributed by atoms with Gasteiger partial charge in [0.15, 0.2) is 18.9 Å². The topological polar surface area (TPSA) is 307 Å². The number of aliphatic hydroxyl groups excluding tert-OH is 11. The first-order valence-corrected chi connectivity index (χ1v) is 48.5. The molecule has 12 N–H and O–H groups in total. The van der Waals surface area contributed by atoms with E-state index in [1.54, 1.807) is 6.08 Å². The average Bonchev–Trinajstić information content (AvgIpc) is 0.783. The Balaban J connectivity index is 1.29. The summed E-state index contributed by atoms with van der Waals surface area (Å²) in [6, 6.07) is -0.992. The molecule has 3 aliphatic heterocycles. The molecule has 0 spiro atoms. The number of hydrogen-bond donors (Lipinski definition) is 12. The van der Waals surface area contributed by atoms with Crippen LogP contribution >= 0.6 is 0 Å². The van der Waals surface area contributed by atoms with E-state index in [2.05, 4.69) is 67.8 Å². The summed E-state index contributed by atoms with van der Waals surface area (Å²) < 4.78 is 34.5. The molecule has 0 aliphatic carbocycles. The van der Waals surface area contributed by atoms with Gasteiger partial charge in [0.25, 0.3) is 0 Å². The van der Waals surface area contributed by atoms with Gasteiger partial charge in [0.2, 0.25) is 5.91 Å². The minimum atomic E-state index is -1.98. The molecule has 0 aromatic carbocycles. The second kappa shape index (κ2) is 76.2. The molecular formula is C97H179NO18. The molecule has 3 rings (SSSR count). The monoisotopic (exact) mass is 1650 g/mol. The second-order valence-electron chi connectivity index (χ2n) is 34.5. The van der Waals surface area contributed by atoms with Crippen LogP contribution in [-0.4, -0.2) is 193 Å². The fourth-order valence-electron chi connectivity index (χ4n) is 16.3. The Labute approximate surface area is 706 Å². The van der Waals surface area contributed by atoms with Crippen LogP contribution < -0.4 is 5.32 Å². The summed E-state index contributed by atoms with van der Waals surface area (Å²) in [6.45, 7) is 1.77. The summed E-state index contributed by atoms with van der Waals surface area (Å²) in [5, 5.41) is 121. The Bertz CT molecular complexity index is 2320. The SMILES string of the molecule is CCCCCCC/C=C\C/C=C\C/C=C\CCCCCCCCCCCCCCCCCCCCCCCCCCCCC(=O)NC(COC1OC(CO)C(OC2OC(CO)C(OC3OC(CO)C(O)C(O)C3O)C(O)C2O)C(O)C1O)C(O)/C=C/CC/C=C/CCCCCCCCCCCCCCCCCCCCCCCCCC. The summed E-state index contributed by atoms with van der Waals surface area (Å²) in [4.78, 5) is 13.5. The summed E-state index contributed by atoms with van der Waals surface area (Å²) in [5.74, 6) is -0.277. The Hall–Kier alpha value is -2.51. The van der Waals surface area contributed by atoms with Gasteiger partial charge in [-0.2, -0.15) is 0 Å². The number of ether oxygens (including phenoxy) is 6. The third kappa shape index (κ3) is 53.5. The van der Waals surface area contributed by atoms with Crippen LogP contribution in [-0.2, 0) is 33.2 Å². The normalized spacial score (nSPS) is 24.7. The van der Waals surface area contributed by atoms with Crippen LogP contribution in [0.3, 0.4) is 0 Å². The van der Waals surface area contributed by atoms with Crippen molar-refractivity contribution in [2.75, 3.05) is 26.4 Å². The Morgan fingerprint density at radius 1 is 0.310 bits per heavy atom. The molecule has 17 atom stereocenters. The fourth-order valence-corrected chi connectivity index (χ4v) is 16.3. The van der Waals surface area contributed by atoms with Gasteiger partial charge < -0.3 is 89.9 Å². The fraction of sp³-hybridized carbons (Fsp3) is 0.887. The maximum Gasteiger partial charge on any atom is 0.220 e. The summed E-state index contributed by atoms with van der Waals surface area (Å²) in [6.07, 6.45) is 75.5. The van der Waals surface area contributed by atoms with E-state index < -0.39 is 124 Å². The quantitative estimate of drug-likeness (QED) is 0.0199. The van der Waals surface area contributed by atoms with E-state index in [1.807, 2.05) is 6.08 Å². The molecule has 3 fully saturated rings. The zero-order valence-corrected chi connectivity index (χ0v) is 73.7. The number of rotatable bonds is 80. The van der Waals surface area contributed by atoms with Gasteiger partial charge in [-0.15, -0.1) is 0 Å². The van der Waals surface area contributed by atoms with Gasteiger partial charge >= 0.3 is 0 Å². The van der Waals surface area contributed by atoms with Crippen LogP contribution in [0.15, 0.2) is 60.8 Å². The third-order valence-corrected chi connectivity index (χ3v) is 24.0. The number of allylic oxidation sites excluding steroid dienone is 9. The number of amides is 1. The van der Waals surface area contributed by atoms with E-state index in [9.17, 15) is 61.0 Å². The van der Waals surface area contributed by atoms with Crippen molar-refractivity contribution in [3.8, 4) is 0 Å². The zero-order valence-electron chi connectivity index (χ0n) is 73.7. The van der Waals surface area contributed by atoms with Crippen LogP contribution in [0.25, 0.3) is 0 Å². The molecule has 19 heteroatoms. The van der Waals surface area contributed by atoms with Gasteiger partial charge in [-0.25, -0.2) is 0 Å². The van der Waals surface area contributed by atoms with Gasteiger partial charge in [0, 0.05) is 6.42 Å². The minimum absolute atomic E-state index is 0.239. The van der Waals surface area contributed by atoms with Crippen molar-refractivity contribution >= 4 is 5.91 Å². The smallest absolute Gasteiger partial charge is 0.220 e. The predicted octanol–water partition coefficient (Wildman–Crippen LogP) is 19.7. The van der Waals surface area contributed by atoms with Crippen molar-refractivity contribution in [2.24, 2.45) is 0 Å². The van der Waals surface area contributed by atoms with Crippen LogP contribution in [0.1, 0.15) is 418 Å². The molecule has 0 aromatic heterocycles. The lowest BCUT2D eigenvalue weighted by atomic mass is 9.96. The molecule has 3 heterocycles. The summed E-state index contributed by atoms with van der Waals surface area (Å²) >= 11 is 0. The molecule has 0 radical (unpaired) electrons. The Kier molecular flexibility index (Phi) is 70.7. The van der Waals surface area contributed by atoms with Gasteiger partial charge in [0.1, 0.15) is 73.2 Å². The van der Waals surface area contributed by atoms with Crippen molar-refractivity contribution in [1.29, 1.82) is 0 Å². The van der Waals surface area contributed by atoms with Gasteiger partial charge in [-0.1, -0.05) is 402 Å². The van der Waals surface area contributed by atoms with E-state index in [1.165, 1.54) is 334 Å². The molecule has 680 valence electrons. The Morgan fingerprint density at radius 2 is 0.578 bits per heavy atom. The van der Waals surface area contributed by atoms with Crippen molar-refractivity contribution in [2.45, 2.75) is 523 Å². The lowest BCUT2D eigenvalue weighted by molar-refractivity contribution is -0.379. The first kappa shape index (κ1) is 108. The van der Waals surface area contributed by atoms with Crippen molar-refractivity contribution in [3.05, 3.63) is 60.8 Å². The highest BCUT2D eigenvalue weighted by atomic mass is 16.8. The van der Waals surface area contributed by atoms with Crippen molar-refractivity contribution in [3.63, 3.8) is 0 Å². The van der Waals surface area contributed by atoms with Gasteiger partial charge in [0.05, 0.1) is 38.6 Å². The number of hydrogen-bond acceptors (Lipinski definition) is 18. The highest BCUT2D eigenvalue weighted by Gasteiger charge is 2.54. The van der Waals surface area contributed by atoms with E-state index >= 15 is 0 Å². The van der Waals surface area contributed by atoms with Gasteiger partial charge in [-0.3, -0.25) is 4.79 Å². The number of unbranched alkanes of at least 4 members (excludes halogenated alkanes) is 56. The first-order chi connectivity index (χ1) is 56.8. The molecule has 0 saturated carbocycles. The second-order valence-corrected chi connectivity index (χ2v) is 34.5. The predicted molar refractivity (Wildman–Crippen MR) is 471 cm³/mol. The number of carbonyl (C=O) groups excluding carboxylic acids is 1. The molecule has 3 saturated heterocycles. The lowest BCUT2D eigenvalue weighted by Gasteiger charge is -2.48. The largest absolute Gasteiger partial charge is 0.394 e. The van der Waals surface area contributed by atoms with E-state index in [4.69, 9.17) is 28.4 Å². The Morgan fingerprint density at radius 3 is 0.922 bits per heavy atom. The highest BCUT2D eigenvalue weighted by Crippen LogP contribution is 2.34. The number of carbonyl (C=O) groups is 1. The van der Waals surface area contributed by atoms with Gasteiger partial charge in [-0.05, 0) is 70.6 Å². The maximum absolute atomic E-state index is 13.5. The van der Waals surface area contributed by atoms with Crippen LogP contribution in [0, 0.1) is 0 Å². The van der Waals surface area contributed by atoms with E-state index in [0.717, 1.165) is 51.4 Å². The van der Waals surface area contributed by atoms with E-state index in [0.29, 0.717) is 12.8 Å². The number of nitrogens with one attached hydrogen (secondary N) is 1. The highest BCUT2D eigenvalue weighted by molar-refractivity contribution is 5.76. The summed E-state index contributed by atoms with van der Waals surface area (Å²) in [5.41, 5.74) is 0. The first-order valence-electron chi connectivity index (χ1n) is 48.5. The molecule has 1 amide bonds. The molecule has 0 aromatic rings. The molecular weight excluding hydrogens is 1470 g/mol.